The van der Waals surface area contributed by atoms with E-state index in [9.17, 15) is 18.4 Å². The Morgan fingerprint density at radius 3 is 2.50 bits per heavy atom. The summed E-state index contributed by atoms with van der Waals surface area (Å²) in [5.41, 5.74) is -2.56. The number of carbonyl (C=O) groups is 1. The third-order valence-electron chi connectivity index (χ3n) is 1.44. The highest BCUT2D eigenvalue weighted by Crippen LogP contribution is 2.21. The Kier molecular flexibility index (Phi) is 3.23. The summed E-state index contributed by atoms with van der Waals surface area (Å²) < 4.78 is 24.6. The molecule has 0 radical (unpaired) electrons. The summed E-state index contributed by atoms with van der Waals surface area (Å²) in [6, 6.07) is 0.809. The lowest BCUT2D eigenvalue weighted by Crippen LogP contribution is -2.16. The molecule has 0 saturated carbocycles. The standard InChI is InChI=1S/C7H3Cl2F2NO2/c8-3-1-2(13)4(6(9)14)5(12-3)7(10)11/h1,7H,(H,12,13). The molecule has 0 atom stereocenters. The SMILES string of the molecule is O=C(Cl)c1c(C(F)F)[nH]c(Cl)cc1=O. The van der Waals surface area contributed by atoms with Crippen molar-refractivity contribution in [3.63, 3.8) is 0 Å². The zero-order valence-electron chi connectivity index (χ0n) is 6.48. The van der Waals surface area contributed by atoms with E-state index in [2.05, 4.69) is 0 Å². The summed E-state index contributed by atoms with van der Waals surface area (Å²) in [7, 11) is 0. The van der Waals surface area contributed by atoms with Gasteiger partial charge in [0.05, 0.1) is 5.69 Å². The van der Waals surface area contributed by atoms with Gasteiger partial charge >= 0.3 is 0 Å². The van der Waals surface area contributed by atoms with Crippen molar-refractivity contribution in [1.29, 1.82) is 0 Å². The van der Waals surface area contributed by atoms with Gasteiger partial charge in [0.2, 0.25) is 0 Å². The van der Waals surface area contributed by atoms with Gasteiger partial charge in [-0.05, 0) is 11.6 Å². The molecule has 0 spiro atoms. The van der Waals surface area contributed by atoms with Crippen molar-refractivity contribution >= 4 is 28.4 Å². The maximum atomic E-state index is 12.3. The summed E-state index contributed by atoms with van der Waals surface area (Å²) in [4.78, 5) is 23.7. The topological polar surface area (TPSA) is 49.9 Å². The first kappa shape index (κ1) is 11.1. The first-order chi connectivity index (χ1) is 6.43. The molecule has 7 heteroatoms. The first-order valence-electron chi connectivity index (χ1n) is 3.34. The smallest absolute Gasteiger partial charge is 0.279 e. The lowest BCUT2D eigenvalue weighted by atomic mass is 10.2. The number of carbonyl (C=O) groups excluding carboxylic acids is 1. The second-order valence-corrected chi connectivity index (χ2v) is 3.10. The molecular weight excluding hydrogens is 239 g/mol. The normalized spacial score (nSPS) is 10.6. The maximum Gasteiger partial charge on any atom is 0.279 e. The zero-order chi connectivity index (χ0) is 10.9. The van der Waals surface area contributed by atoms with Gasteiger partial charge in [0.1, 0.15) is 10.7 Å². The van der Waals surface area contributed by atoms with Crippen molar-refractivity contribution < 1.29 is 13.6 Å². The van der Waals surface area contributed by atoms with Crippen molar-refractivity contribution in [2.75, 3.05) is 0 Å². The molecule has 3 nitrogen and oxygen atoms in total. The zero-order valence-corrected chi connectivity index (χ0v) is 7.99. The van der Waals surface area contributed by atoms with Crippen molar-refractivity contribution in [2.45, 2.75) is 6.43 Å². The number of rotatable bonds is 2. The highest BCUT2D eigenvalue weighted by atomic mass is 35.5. The average Bonchev–Trinajstić information content (AvgIpc) is 2.01. The molecule has 0 aliphatic carbocycles. The van der Waals surface area contributed by atoms with Crippen LogP contribution >= 0.6 is 23.2 Å². The van der Waals surface area contributed by atoms with Gasteiger partial charge in [-0.15, -0.1) is 0 Å². The molecule has 1 rings (SSSR count). The van der Waals surface area contributed by atoms with Crippen molar-refractivity contribution in [2.24, 2.45) is 0 Å². The molecule has 0 fully saturated rings. The van der Waals surface area contributed by atoms with Gasteiger partial charge < -0.3 is 4.98 Å². The number of hydrogen-bond donors (Lipinski definition) is 1. The summed E-state index contributed by atoms with van der Waals surface area (Å²) >= 11 is 10.3. The van der Waals surface area contributed by atoms with Gasteiger partial charge in [-0.25, -0.2) is 8.78 Å². The fourth-order valence-corrected chi connectivity index (χ4v) is 1.31. The molecule has 1 aromatic rings. The van der Waals surface area contributed by atoms with E-state index in [1.165, 1.54) is 0 Å². The molecule has 0 aliphatic rings. The van der Waals surface area contributed by atoms with Gasteiger partial charge in [-0.2, -0.15) is 0 Å². The summed E-state index contributed by atoms with van der Waals surface area (Å²) in [5.74, 6) is 0. The van der Waals surface area contributed by atoms with Gasteiger partial charge in [-0.1, -0.05) is 11.6 Å². The van der Waals surface area contributed by atoms with Gasteiger partial charge in [0.15, 0.2) is 5.43 Å². The predicted molar refractivity (Wildman–Crippen MR) is 47.2 cm³/mol. The Morgan fingerprint density at radius 1 is 1.50 bits per heavy atom. The van der Waals surface area contributed by atoms with E-state index in [4.69, 9.17) is 23.2 Å². The predicted octanol–water partition coefficient (Wildman–Crippen LogP) is 2.34. The first-order valence-corrected chi connectivity index (χ1v) is 4.09. The fourth-order valence-electron chi connectivity index (χ4n) is 0.914. The molecule has 0 amide bonds. The lowest BCUT2D eigenvalue weighted by molar-refractivity contribution is 0.106. The van der Waals surface area contributed by atoms with E-state index in [-0.39, 0.29) is 5.15 Å². The maximum absolute atomic E-state index is 12.3. The van der Waals surface area contributed by atoms with Gasteiger partial charge in [-0.3, -0.25) is 9.59 Å². The van der Waals surface area contributed by atoms with Crippen LogP contribution in [0.1, 0.15) is 22.5 Å². The highest BCUT2D eigenvalue weighted by Gasteiger charge is 2.21. The minimum Gasteiger partial charge on any atom is -0.344 e. The second-order valence-electron chi connectivity index (χ2n) is 2.34. The van der Waals surface area contributed by atoms with Crippen LogP contribution in [0.5, 0.6) is 0 Å². The largest absolute Gasteiger partial charge is 0.344 e. The minimum atomic E-state index is -3.01. The second kappa shape index (κ2) is 4.06. The Balaban J connectivity index is 3.53. The number of aromatic amines is 1. The van der Waals surface area contributed by atoms with Crippen LogP contribution in [0.15, 0.2) is 10.9 Å². The van der Waals surface area contributed by atoms with Crippen LogP contribution in [0.4, 0.5) is 8.78 Å². The Hall–Kier alpha value is -0.940. The van der Waals surface area contributed by atoms with Gasteiger partial charge in [0.25, 0.3) is 11.7 Å². The van der Waals surface area contributed by atoms with E-state index < -0.39 is 28.4 Å². The molecule has 1 N–H and O–H groups in total. The van der Waals surface area contributed by atoms with Crippen LogP contribution in [0.3, 0.4) is 0 Å². The lowest BCUT2D eigenvalue weighted by Gasteiger charge is -2.04. The number of halogens is 4. The van der Waals surface area contributed by atoms with Gasteiger partial charge in [0, 0.05) is 6.07 Å². The summed E-state index contributed by atoms with van der Waals surface area (Å²) in [5, 5.41) is -1.51. The number of alkyl halides is 2. The van der Waals surface area contributed by atoms with Crippen LogP contribution in [0, 0.1) is 0 Å². The van der Waals surface area contributed by atoms with E-state index in [1.54, 1.807) is 0 Å². The van der Waals surface area contributed by atoms with Crippen LogP contribution in [0.2, 0.25) is 5.15 Å². The summed E-state index contributed by atoms with van der Waals surface area (Å²) in [6.45, 7) is 0. The average molecular weight is 242 g/mol. The molecule has 0 aliphatic heterocycles. The van der Waals surface area contributed by atoms with Crippen LogP contribution < -0.4 is 5.43 Å². The third-order valence-corrected chi connectivity index (χ3v) is 1.83. The van der Waals surface area contributed by atoms with E-state index in [1.807, 2.05) is 4.98 Å². The van der Waals surface area contributed by atoms with Crippen molar-refractivity contribution in [3.05, 3.63) is 32.7 Å². The minimum absolute atomic E-state index is 0.271. The molecular formula is C7H3Cl2F2NO2. The number of H-pyrrole nitrogens is 1. The number of pyridine rings is 1. The van der Waals surface area contributed by atoms with Crippen LogP contribution in [-0.4, -0.2) is 10.2 Å². The Labute approximate surface area is 86.6 Å². The molecule has 0 saturated heterocycles. The monoisotopic (exact) mass is 241 g/mol. The highest BCUT2D eigenvalue weighted by molar-refractivity contribution is 6.67. The molecule has 0 aromatic carbocycles. The number of nitrogens with one attached hydrogen (secondary N) is 1. The molecule has 76 valence electrons. The van der Waals surface area contributed by atoms with Crippen LogP contribution in [-0.2, 0) is 0 Å². The Bertz CT molecular complexity index is 430. The fraction of sp³-hybridized carbons (Fsp3) is 0.143. The molecule has 0 unspecified atom stereocenters. The van der Waals surface area contributed by atoms with Crippen molar-refractivity contribution in [1.82, 2.24) is 4.98 Å². The Morgan fingerprint density at radius 2 is 2.07 bits per heavy atom. The molecule has 14 heavy (non-hydrogen) atoms. The quantitative estimate of drug-likeness (QED) is 0.639. The van der Waals surface area contributed by atoms with Crippen LogP contribution in [0.25, 0.3) is 0 Å². The van der Waals surface area contributed by atoms with E-state index >= 15 is 0 Å². The van der Waals surface area contributed by atoms with E-state index in [0.29, 0.717) is 0 Å². The van der Waals surface area contributed by atoms with Crippen molar-refractivity contribution in [3.8, 4) is 0 Å². The molecule has 1 heterocycles. The molecule has 0 bridgehead atoms. The van der Waals surface area contributed by atoms with E-state index in [0.717, 1.165) is 6.07 Å². The number of hydrogen-bond acceptors (Lipinski definition) is 2. The molecule has 1 aromatic heterocycles. The number of aromatic nitrogens is 1. The third kappa shape index (κ3) is 2.10. The summed E-state index contributed by atoms with van der Waals surface area (Å²) in [6.07, 6.45) is -3.01.